The van der Waals surface area contributed by atoms with Gasteiger partial charge in [0.2, 0.25) is 5.91 Å². The molecular formula is C21H21ClN4O. The molecule has 2 heterocycles. The quantitative estimate of drug-likeness (QED) is 0.710. The first-order chi connectivity index (χ1) is 13.2. The molecule has 1 aromatic heterocycles. The molecule has 1 fully saturated rings. The third-order valence-corrected chi connectivity index (χ3v) is 5.06. The lowest BCUT2D eigenvalue weighted by molar-refractivity contribution is -0.121. The van der Waals surface area contributed by atoms with Gasteiger partial charge in [-0.05, 0) is 29.7 Å². The number of aromatic amines is 1. The molecule has 1 saturated heterocycles. The molecule has 1 amide bonds. The number of carbonyl (C=O) groups is 1. The van der Waals surface area contributed by atoms with E-state index in [0.717, 1.165) is 42.1 Å². The first-order valence-corrected chi connectivity index (χ1v) is 9.45. The van der Waals surface area contributed by atoms with Crippen molar-refractivity contribution in [2.45, 2.75) is 18.9 Å². The number of H-pyrrole nitrogens is 1. The molecule has 1 aliphatic rings. The second kappa shape index (κ2) is 7.84. The highest BCUT2D eigenvalue weighted by molar-refractivity contribution is 6.30. The SMILES string of the molecule is O=C(Cc1ccccc1)N[C@@H]1CCN(c2cc(-c3ccc(Cl)cc3)[nH]n2)C1. The van der Waals surface area contributed by atoms with Crippen molar-refractivity contribution in [3.63, 3.8) is 0 Å². The van der Waals surface area contributed by atoms with Crippen molar-refractivity contribution in [2.75, 3.05) is 18.0 Å². The van der Waals surface area contributed by atoms with Crippen molar-refractivity contribution < 1.29 is 4.79 Å². The summed E-state index contributed by atoms with van der Waals surface area (Å²) in [4.78, 5) is 14.5. The molecule has 0 saturated carbocycles. The largest absolute Gasteiger partial charge is 0.353 e. The van der Waals surface area contributed by atoms with E-state index in [9.17, 15) is 4.79 Å². The minimum Gasteiger partial charge on any atom is -0.353 e. The predicted molar refractivity (Wildman–Crippen MR) is 108 cm³/mol. The van der Waals surface area contributed by atoms with E-state index in [4.69, 9.17) is 11.6 Å². The zero-order chi connectivity index (χ0) is 18.6. The summed E-state index contributed by atoms with van der Waals surface area (Å²) in [5.74, 6) is 0.969. The maximum Gasteiger partial charge on any atom is 0.224 e. The number of anilines is 1. The normalized spacial score (nSPS) is 16.5. The minimum atomic E-state index is 0.0666. The van der Waals surface area contributed by atoms with Crippen LogP contribution >= 0.6 is 11.6 Å². The molecule has 6 heteroatoms. The molecule has 1 aliphatic heterocycles. The van der Waals surface area contributed by atoms with Gasteiger partial charge in [-0.15, -0.1) is 0 Å². The fraction of sp³-hybridized carbons (Fsp3) is 0.238. The van der Waals surface area contributed by atoms with Gasteiger partial charge in [0.25, 0.3) is 0 Å². The van der Waals surface area contributed by atoms with Crippen molar-refractivity contribution in [1.82, 2.24) is 15.5 Å². The zero-order valence-corrected chi connectivity index (χ0v) is 15.6. The molecule has 0 radical (unpaired) electrons. The van der Waals surface area contributed by atoms with Crippen LogP contribution in [0.3, 0.4) is 0 Å². The van der Waals surface area contributed by atoms with Crippen LogP contribution in [-0.4, -0.2) is 35.2 Å². The molecule has 3 aromatic rings. The molecule has 0 unspecified atom stereocenters. The summed E-state index contributed by atoms with van der Waals surface area (Å²) in [5.41, 5.74) is 3.04. The average Bonchev–Trinajstić information content (AvgIpc) is 3.32. The Morgan fingerprint density at radius 1 is 1.19 bits per heavy atom. The molecule has 0 spiro atoms. The Hall–Kier alpha value is -2.79. The second-order valence-electron chi connectivity index (χ2n) is 6.81. The van der Waals surface area contributed by atoms with E-state index in [1.807, 2.05) is 60.7 Å². The number of nitrogens with zero attached hydrogens (tertiary/aromatic N) is 2. The van der Waals surface area contributed by atoms with Crippen molar-refractivity contribution in [2.24, 2.45) is 0 Å². The molecule has 1 atom stereocenters. The molecule has 2 N–H and O–H groups in total. The van der Waals surface area contributed by atoms with E-state index in [1.165, 1.54) is 0 Å². The number of carbonyl (C=O) groups excluding carboxylic acids is 1. The molecular weight excluding hydrogens is 360 g/mol. The van der Waals surface area contributed by atoms with Crippen molar-refractivity contribution in [1.29, 1.82) is 0 Å². The van der Waals surface area contributed by atoms with E-state index in [1.54, 1.807) is 0 Å². The summed E-state index contributed by atoms with van der Waals surface area (Å²) < 4.78 is 0. The van der Waals surface area contributed by atoms with Crippen molar-refractivity contribution >= 4 is 23.3 Å². The lowest BCUT2D eigenvalue weighted by atomic mass is 10.1. The number of hydrogen-bond donors (Lipinski definition) is 2. The van der Waals surface area contributed by atoms with Crippen LogP contribution in [-0.2, 0) is 11.2 Å². The van der Waals surface area contributed by atoms with Crippen LogP contribution in [0, 0.1) is 0 Å². The topological polar surface area (TPSA) is 61.0 Å². The van der Waals surface area contributed by atoms with E-state index in [2.05, 4.69) is 20.4 Å². The highest BCUT2D eigenvalue weighted by atomic mass is 35.5. The van der Waals surface area contributed by atoms with Crippen LogP contribution < -0.4 is 10.2 Å². The monoisotopic (exact) mass is 380 g/mol. The van der Waals surface area contributed by atoms with Gasteiger partial charge in [0.15, 0.2) is 5.82 Å². The Morgan fingerprint density at radius 3 is 2.74 bits per heavy atom. The van der Waals surface area contributed by atoms with Gasteiger partial charge in [-0.3, -0.25) is 9.89 Å². The molecule has 4 rings (SSSR count). The lowest BCUT2D eigenvalue weighted by Crippen LogP contribution is -2.38. The van der Waals surface area contributed by atoms with Gasteiger partial charge in [0, 0.05) is 30.2 Å². The smallest absolute Gasteiger partial charge is 0.224 e. The third kappa shape index (κ3) is 4.31. The van der Waals surface area contributed by atoms with Gasteiger partial charge >= 0.3 is 0 Å². The fourth-order valence-electron chi connectivity index (χ4n) is 3.40. The number of amides is 1. The predicted octanol–water partition coefficient (Wildman–Crippen LogP) is 3.67. The average molecular weight is 381 g/mol. The molecule has 138 valence electrons. The minimum absolute atomic E-state index is 0.0666. The number of rotatable bonds is 5. The highest BCUT2D eigenvalue weighted by Gasteiger charge is 2.25. The van der Waals surface area contributed by atoms with Crippen LogP contribution in [0.1, 0.15) is 12.0 Å². The van der Waals surface area contributed by atoms with Crippen molar-refractivity contribution in [3.8, 4) is 11.3 Å². The summed E-state index contributed by atoms with van der Waals surface area (Å²) >= 11 is 5.95. The van der Waals surface area contributed by atoms with Crippen LogP contribution in [0.5, 0.6) is 0 Å². The van der Waals surface area contributed by atoms with Crippen LogP contribution in [0.15, 0.2) is 60.7 Å². The maximum absolute atomic E-state index is 12.3. The van der Waals surface area contributed by atoms with Gasteiger partial charge in [0.1, 0.15) is 0 Å². The second-order valence-corrected chi connectivity index (χ2v) is 7.24. The number of nitrogens with one attached hydrogen (secondary N) is 2. The van der Waals surface area contributed by atoms with Crippen molar-refractivity contribution in [3.05, 3.63) is 71.2 Å². The Bertz CT molecular complexity index is 907. The first kappa shape index (κ1) is 17.6. The van der Waals surface area contributed by atoms with Crippen LogP contribution in [0.2, 0.25) is 5.02 Å². The van der Waals surface area contributed by atoms with E-state index in [0.29, 0.717) is 11.4 Å². The fourth-order valence-corrected chi connectivity index (χ4v) is 3.52. The number of hydrogen-bond acceptors (Lipinski definition) is 3. The summed E-state index contributed by atoms with van der Waals surface area (Å²) in [5, 5.41) is 11.4. The third-order valence-electron chi connectivity index (χ3n) is 4.80. The summed E-state index contributed by atoms with van der Waals surface area (Å²) in [6, 6.07) is 19.7. The highest BCUT2D eigenvalue weighted by Crippen LogP contribution is 2.25. The van der Waals surface area contributed by atoms with Gasteiger partial charge in [0.05, 0.1) is 12.1 Å². The van der Waals surface area contributed by atoms with Gasteiger partial charge < -0.3 is 10.2 Å². The molecule has 0 bridgehead atoms. The Kier molecular flexibility index (Phi) is 5.12. The standard InChI is InChI=1S/C21H21ClN4O/c22-17-8-6-16(7-9-17)19-13-20(25-24-19)26-11-10-18(14-26)23-21(27)12-15-4-2-1-3-5-15/h1-9,13,18H,10-12,14H2,(H,23,27)(H,24,25)/t18-/m1/s1. The van der Waals surface area contributed by atoms with E-state index in [-0.39, 0.29) is 11.9 Å². The van der Waals surface area contributed by atoms with Crippen LogP contribution in [0.4, 0.5) is 5.82 Å². The van der Waals surface area contributed by atoms with Gasteiger partial charge in [-0.2, -0.15) is 5.10 Å². The Morgan fingerprint density at radius 2 is 1.96 bits per heavy atom. The summed E-state index contributed by atoms with van der Waals surface area (Å²) in [6.45, 7) is 1.65. The Labute approximate surface area is 163 Å². The summed E-state index contributed by atoms with van der Waals surface area (Å²) in [6.07, 6.45) is 1.34. The maximum atomic E-state index is 12.3. The summed E-state index contributed by atoms with van der Waals surface area (Å²) in [7, 11) is 0. The van der Waals surface area contributed by atoms with Gasteiger partial charge in [-0.25, -0.2) is 0 Å². The number of aromatic nitrogens is 2. The van der Waals surface area contributed by atoms with E-state index >= 15 is 0 Å². The Balaban J connectivity index is 1.34. The first-order valence-electron chi connectivity index (χ1n) is 9.07. The molecule has 5 nitrogen and oxygen atoms in total. The number of halogens is 1. The van der Waals surface area contributed by atoms with Gasteiger partial charge in [-0.1, -0.05) is 54.1 Å². The molecule has 2 aromatic carbocycles. The van der Waals surface area contributed by atoms with Crippen LogP contribution in [0.25, 0.3) is 11.3 Å². The number of benzene rings is 2. The molecule has 0 aliphatic carbocycles. The van der Waals surface area contributed by atoms with E-state index < -0.39 is 0 Å². The molecule has 27 heavy (non-hydrogen) atoms. The zero-order valence-electron chi connectivity index (χ0n) is 14.9. The lowest BCUT2D eigenvalue weighted by Gasteiger charge is -2.16.